The van der Waals surface area contributed by atoms with E-state index in [1.54, 1.807) is 0 Å². The van der Waals surface area contributed by atoms with Gasteiger partial charge in [0.05, 0.1) is 28.4 Å². The van der Waals surface area contributed by atoms with E-state index in [9.17, 15) is 5.26 Å². The molecule has 0 fully saturated rings. The first-order chi connectivity index (χ1) is 22.1. The van der Waals surface area contributed by atoms with E-state index in [4.69, 9.17) is 15.0 Å². The van der Waals surface area contributed by atoms with Crippen molar-refractivity contribution in [2.45, 2.75) is 33.1 Å². The van der Waals surface area contributed by atoms with Crippen LogP contribution in [0.25, 0.3) is 61.7 Å². The van der Waals surface area contributed by atoms with Gasteiger partial charge < -0.3 is 4.57 Å². The Labute approximate surface area is 295 Å². The van der Waals surface area contributed by atoms with Crippen LogP contribution < -0.4 is 0 Å². The van der Waals surface area contributed by atoms with Crippen LogP contribution in [0.2, 0.25) is 0 Å². The van der Waals surface area contributed by atoms with Crippen LogP contribution in [0.1, 0.15) is 37.5 Å². The van der Waals surface area contributed by atoms with Crippen LogP contribution in [0.3, 0.4) is 0 Å². The van der Waals surface area contributed by atoms with Crippen LogP contribution in [0.5, 0.6) is 0 Å². The minimum atomic E-state index is -0.0495. The molecule has 0 unspecified atom stereocenters. The summed E-state index contributed by atoms with van der Waals surface area (Å²) in [6.45, 7) is 8.73. The fourth-order valence-corrected chi connectivity index (χ4v) is 7.43. The maximum atomic E-state index is 10.0. The zero-order valence-corrected chi connectivity index (χ0v) is 30.1. The number of aryl methyl sites for hydroxylation is 1. The molecule has 7 heteroatoms. The predicted octanol–water partition coefficient (Wildman–Crippen LogP) is 10.7. The number of nitriles is 1. The first-order valence-corrected chi connectivity index (χ1v) is 17.1. The second-order valence-corrected chi connectivity index (χ2v) is 15.0. The summed E-state index contributed by atoms with van der Waals surface area (Å²) < 4.78 is 4.48. The summed E-state index contributed by atoms with van der Waals surface area (Å²) >= 11 is 4.71. The molecular weight excluding hydrogens is 792 g/mol. The highest BCUT2D eigenvalue weighted by Crippen LogP contribution is 2.37. The Morgan fingerprint density at radius 1 is 0.652 bits per heavy atom. The molecular formula is C39H29I2N5. The lowest BCUT2D eigenvalue weighted by molar-refractivity contribution is 0.590. The average molecular weight is 822 g/mol. The Morgan fingerprint density at radius 2 is 1.22 bits per heavy atom. The molecule has 0 aliphatic rings. The summed E-state index contributed by atoms with van der Waals surface area (Å²) in [5, 5.41) is 12.3. The van der Waals surface area contributed by atoms with E-state index in [2.05, 4.69) is 168 Å². The summed E-state index contributed by atoms with van der Waals surface area (Å²) in [5.74, 6) is 1.70. The normalized spacial score (nSPS) is 11.7. The van der Waals surface area contributed by atoms with Gasteiger partial charge in [0.25, 0.3) is 0 Å². The molecule has 5 nitrogen and oxygen atoms in total. The third-order valence-corrected chi connectivity index (χ3v) is 9.39. The zero-order chi connectivity index (χ0) is 32.2. The molecule has 7 rings (SSSR count). The molecule has 0 saturated carbocycles. The van der Waals surface area contributed by atoms with Crippen molar-refractivity contribution >= 4 is 67.0 Å². The van der Waals surface area contributed by atoms with Gasteiger partial charge in [-0.25, -0.2) is 15.0 Å². The molecule has 0 N–H and O–H groups in total. The second-order valence-electron chi connectivity index (χ2n) is 12.5. The van der Waals surface area contributed by atoms with E-state index in [0.29, 0.717) is 23.0 Å². The monoisotopic (exact) mass is 821 g/mol. The maximum absolute atomic E-state index is 10.0. The van der Waals surface area contributed by atoms with Gasteiger partial charge in [-0.3, -0.25) is 0 Å². The minimum Gasteiger partial charge on any atom is -0.309 e. The largest absolute Gasteiger partial charge is 0.309 e. The molecule has 0 aliphatic heterocycles. The fraction of sp³-hybridized carbons (Fsp3) is 0.128. The molecule has 0 bridgehead atoms. The summed E-state index contributed by atoms with van der Waals surface area (Å²) in [5.41, 5.74) is 8.49. The van der Waals surface area contributed by atoms with Gasteiger partial charge in [0.15, 0.2) is 17.5 Å². The first-order valence-electron chi connectivity index (χ1n) is 15.0. The molecule has 7 aromatic rings. The topological polar surface area (TPSA) is 67.4 Å². The Bertz CT molecular complexity index is 2290. The van der Waals surface area contributed by atoms with Crippen molar-refractivity contribution in [2.75, 3.05) is 0 Å². The van der Waals surface area contributed by atoms with Crippen molar-refractivity contribution in [1.82, 2.24) is 19.5 Å². The zero-order valence-electron chi connectivity index (χ0n) is 25.8. The van der Waals surface area contributed by atoms with Gasteiger partial charge in [-0.05, 0) is 135 Å². The lowest BCUT2D eigenvalue weighted by atomic mass is 9.86. The van der Waals surface area contributed by atoms with Gasteiger partial charge in [0, 0.05) is 34.6 Å². The van der Waals surface area contributed by atoms with Gasteiger partial charge in [-0.15, -0.1) is 0 Å². The number of fused-ring (bicyclic) bond motifs is 3. The summed E-state index contributed by atoms with van der Waals surface area (Å²) in [6.07, 6.45) is 0. The molecule has 0 amide bonds. The number of para-hydroxylation sites is 2. The number of aromatic nitrogens is 4. The predicted molar refractivity (Wildman–Crippen MR) is 204 cm³/mol. The van der Waals surface area contributed by atoms with E-state index in [-0.39, 0.29) is 5.41 Å². The van der Waals surface area contributed by atoms with Crippen molar-refractivity contribution in [3.8, 4) is 45.9 Å². The van der Waals surface area contributed by atoms with Crippen LogP contribution in [0, 0.1) is 25.4 Å². The van der Waals surface area contributed by atoms with E-state index in [0.717, 1.165) is 56.9 Å². The maximum Gasteiger partial charge on any atom is 0.166 e. The lowest BCUT2D eigenvalue weighted by Gasteiger charge is -2.20. The quantitative estimate of drug-likeness (QED) is 0.166. The minimum absolute atomic E-state index is 0.0495. The molecule has 0 atom stereocenters. The third kappa shape index (κ3) is 5.69. The number of rotatable bonds is 4. The van der Waals surface area contributed by atoms with E-state index < -0.39 is 0 Å². The molecule has 0 aliphatic carbocycles. The summed E-state index contributed by atoms with van der Waals surface area (Å²) in [7, 11) is 0. The van der Waals surface area contributed by atoms with Gasteiger partial charge >= 0.3 is 0 Å². The average Bonchev–Trinajstić information content (AvgIpc) is 3.37. The fourth-order valence-electron chi connectivity index (χ4n) is 5.93. The lowest BCUT2D eigenvalue weighted by Crippen LogP contribution is -2.12. The molecule has 46 heavy (non-hydrogen) atoms. The number of nitrogens with zero attached hydrogens (tertiary/aromatic N) is 5. The van der Waals surface area contributed by atoms with Crippen molar-refractivity contribution in [3.63, 3.8) is 0 Å². The van der Waals surface area contributed by atoms with Crippen LogP contribution in [-0.4, -0.2) is 19.5 Å². The molecule has 0 saturated heterocycles. The van der Waals surface area contributed by atoms with Gasteiger partial charge in [0.2, 0.25) is 0 Å². The van der Waals surface area contributed by atoms with E-state index in [1.165, 1.54) is 5.56 Å². The van der Waals surface area contributed by atoms with Gasteiger partial charge in [-0.1, -0.05) is 57.2 Å². The van der Waals surface area contributed by atoms with Gasteiger partial charge in [-0.2, -0.15) is 5.26 Å². The highest BCUT2D eigenvalue weighted by atomic mass is 127. The molecule has 5 aromatic carbocycles. The molecule has 2 aromatic heterocycles. The van der Waals surface area contributed by atoms with E-state index >= 15 is 0 Å². The molecule has 0 radical (unpaired) electrons. The third-order valence-electron chi connectivity index (χ3n) is 8.15. The van der Waals surface area contributed by atoms with Crippen LogP contribution in [-0.2, 0) is 5.41 Å². The molecule has 2 heterocycles. The SMILES string of the molecule is Cc1cc(I)cc(-c2nc(-c3cc(I)cc(C(C)(C)C)c3)nc(-c3cc(C#N)ccc3-n3c4ccccc4c4ccccc43)n2)c1. The van der Waals surface area contributed by atoms with Gasteiger partial charge in [0.1, 0.15) is 0 Å². The molecule has 224 valence electrons. The molecule has 0 spiro atoms. The van der Waals surface area contributed by atoms with Crippen molar-refractivity contribution < 1.29 is 0 Å². The highest BCUT2D eigenvalue weighted by molar-refractivity contribution is 14.1. The smallest absolute Gasteiger partial charge is 0.166 e. The van der Waals surface area contributed by atoms with Crippen LogP contribution in [0.4, 0.5) is 0 Å². The Morgan fingerprint density at radius 3 is 1.80 bits per heavy atom. The number of hydrogen-bond donors (Lipinski definition) is 0. The number of hydrogen-bond acceptors (Lipinski definition) is 4. The van der Waals surface area contributed by atoms with Crippen LogP contribution in [0.15, 0.2) is 103 Å². The Balaban J connectivity index is 1.56. The van der Waals surface area contributed by atoms with Crippen molar-refractivity contribution in [2.24, 2.45) is 0 Å². The summed E-state index contributed by atoms with van der Waals surface area (Å²) in [4.78, 5) is 15.4. The van der Waals surface area contributed by atoms with Crippen LogP contribution >= 0.6 is 45.2 Å². The Kier molecular flexibility index (Phi) is 7.89. The Hall–Kier alpha value is -4.14. The second kappa shape index (κ2) is 11.9. The first kappa shape index (κ1) is 30.5. The van der Waals surface area contributed by atoms with Crippen molar-refractivity contribution in [3.05, 3.63) is 127 Å². The standard InChI is InChI=1S/C39H29I2N5/c1-23-15-25(19-28(40)16-23)36-43-37(26-18-27(39(2,3)4)21-29(41)20-26)45-38(44-36)32-17-24(22-42)13-14-35(32)46-33-11-7-5-9-30(33)31-10-6-8-12-34(31)46/h5-21H,1-4H3. The van der Waals surface area contributed by atoms with E-state index in [1.807, 2.05) is 18.2 Å². The number of benzene rings is 5. The summed E-state index contributed by atoms with van der Waals surface area (Å²) in [6, 6.07) is 37.8. The number of halogens is 2. The highest BCUT2D eigenvalue weighted by Gasteiger charge is 2.21. The van der Waals surface area contributed by atoms with Crippen molar-refractivity contribution in [1.29, 1.82) is 5.26 Å².